The first-order valence-electron chi connectivity index (χ1n) is 9.22. The molecular weight excluding hydrogens is 367 g/mol. The van der Waals surface area contributed by atoms with E-state index < -0.39 is 22.1 Å². The molecule has 2 aliphatic heterocycles. The maximum absolute atomic E-state index is 14.1. The van der Waals surface area contributed by atoms with Crippen LogP contribution in [0.15, 0.2) is 36.5 Å². The van der Waals surface area contributed by atoms with Crippen LogP contribution in [0.1, 0.15) is 12.0 Å². The number of sulfonamides is 1. The summed E-state index contributed by atoms with van der Waals surface area (Å²) in [6.07, 6.45) is 3.75. The van der Waals surface area contributed by atoms with Crippen molar-refractivity contribution < 1.29 is 12.8 Å². The minimum absolute atomic E-state index is 0.188. The van der Waals surface area contributed by atoms with Gasteiger partial charge >= 0.3 is 0 Å². The summed E-state index contributed by atoms with van der Waals surface area (Å²) in [5, 5.41) is 7.27. The summed E-state index contributed by atoms with van der Waals surface area (Å²) in [4.78, 5) is 2.24. The number of alkyl halides is 1. The van der Waals surface area contributed by atoms with Crippen LogP contribution in [0.5, 0.6) is 0 Å². The molecule has 3 heterocycles. The molecule has 1 aromatic heterocycles. The summed E-state index contributed by atoms with van der Waals surface area (Å²) in [6, 6.07) is 10.0. The highest BCUT2D eigenvalue weighted by Gasteiger charge is 2.51. The smallest absolute Gasteiger partial charge is 0.211 e. The zero-order chi connectivity index (χ0) is 19.1. The van der Waals surface area contributed by atoms with Crippen molar-refractivity contribution >= 4 is 10.0 Å². The standard InChI is InChI=1S/C19H25FN4O2S/c1-27(25,26)24-8-7-17-11-23(13-19(17,12-20)14-24)10-16-9-21-22-18(16)15-5-3-2-4-6-15/h2-6,9,17H,7-8,10-14H2,1H3,(H,21,22)/t17-,19-/m0/s1. The molecule has 1 aromatic carbocycles. The second kappa shape index (κ2) is 7.00. The van der Waals surface area contributed by atoms with Crippen LogP contribution >= 0.6 is 0 Å². The van der Waals surface area contributed by atoms with Crippen LogP contribution in [0.25, 0.3) is 11.3 Å². The Kier molecular flexibility index (Phi) is 4.82. The van der Waals surface area contributed by atoms with E-state index in [1.54, 1.807) is 0 Å². The summed E-state index contributed by atoms with van der Waals surface area (Å²) < 4.78 is 39.5. The molecule has 0 radical (unpaired) electrons. The quantitative estimate of drug-likeness (QED) is 0.846. The van der Waals surface area contributed by atoms with Crippen LogP contribution in [-0.2, 0) is 16.6 Å². The van der Waals surface area contributed by atoms with Gasteiger partial charge < -0.3 is 0 Å². The molecular formula is C19H25FN4O2S. The Morgan fingerprint density at radius 3 is 2.78 bits per heavy atom. The SMILES string of the molecule is CS(=O)(=O)N1CC[C@H]2CN(Cc3cn[nH]c3-c3ccccc3)C[C@@]2(CF)C1. The third-order valence-electron chi connectivity index (χ3n) is 6.01. The van der Waals surface area contributed by atoms with Crippen LogP contribution in [0, 0.1) is 11.3 Å². The van der Waals surface area contributed by atoms with E-state index in [0.29, 0.717) is 26.1 Å². The summed E-state index contributed by atoms with van der Waals surface area (Å²) in [5.74, 6) is 0.188. The summed E-state index contributed by atoms with van der Waals surface area (Å²) in [6.45, 7) is 2.32. The maximum atomic E-state index is 14.1. The molecule has 2 aliphatic rings. The third-order valence-corrected chi connectivity index (χ3v) is 7.26. The molecule has 2 atom stereocenters. The Balaban J connectivity index is 1.53. The predicted molar refractivity (Wildman–Crippen MR) is 102 cm³/mol. The highest BCUT2D eigenvalue weighted by Crippen LogP contribution is 2.43. The van der Waals surface area contributed by atoms with Crippen LogP contribution in [0.2, 0.25) is 0 Å². The first-order valence-corrected chi connectivity index (χ1v) is 11.1. The molecule has 1 N–H and O–H groups in total. The fourth-order valence-corrected chi connectivity index (χ4v) is 5.50. The fourth-order valence-electron chi connectivity index (χ4n) is 4.57. The van der Waals surface area contributed by atoms with Crippen LogP contribution < -0.4 is 0 Å². The molecule has 4 rings (SSSR count). The van der Waals surface area contributed by atoms with Crippen molar-refractivity contribution in [3.8, 4) is 11.3 Å². The van der Waals surface area contributed by atoms with E-state index >= 15 is 0 Å². The zero-order valence-electron chi connectivity index (χ0n) is 15.4. The van der Waals surface area contributed by atoms with Gasteiger partial charge in [-0.2, -0.15) is 5.10 Å². The molecule has 146 valence electrons. The molecule has 0 saturated carbocycles. The van der Waals surface area contributed by atoms with Crippen LogP contribution in [-0.4, -0.2) is 66.9 Å². The lowest BCUT2D eigenvalue weighted by Crippen LogP contribution is -2.51. The van der Waals surface area contributed by atoms with Gasteiger partial charge in [0.05, 0.1) is 24.8 Å². The Morgan fingerprint density at radius 2 is 2.07 bits per heavy atom. The second-order valence-corrected chi connectivity index (χ2v) is 9.87. The van der Waals surface area contributed by atoms with Gasteiger partial charge in [0.25, 0.3) is 0 Å². The number of hydrogen-bond acceptors (Lipinski definition) is 4. The molecule has 0 amide bonds. The zero-order valence-corrected chi connectivity index (χ0v) is 16.3. The number of likely N-dealkylation sites (tertiary alicyclic amines) is 1. The van der Waals surface area contributed by atoms with E-state index in [9.17, 15) is 12.8 Å². The number of rotatable bonds is 5. The van der Waals surface area contributed by atoms with Gasteiger partial charge in [-0.25, -0.2) is 12.7 Å². The summed E-state index contributed by atoms with van der Waals surface area (Å²) in [7, 11) is -3.29. The number of benzene rings is 1. The van der Waals surface area contributed by atoms with Gasteiger partial charge in [-0.1, -0.05) is 30.3 Å². The molecule has 0 unspecified atom stereocenters. The second-order valence-electron chi connectivity index (χ2n) is 7.88. The monoisotopic (exact) mass is 392 g/mol. The summed E-state index contributed by atoms with van der Waals surface area (Å²) in [5.41, 5.74) is 2.54. The third kappa shape index (κ3) is 3.53. The van der Waals surface area contributed by atoms with Gasteiger partial charge in [-0.05, 0) is 17.9 Å². The van der Waals surface area contributed by atoms with Gasteiger partial charge in [0, 0.05) is 43.7 Å². The predicted octanol–water partition coefficient (Wildman–Crippen LogP) is 2.13. The highest BCUT2D eigenvalue weighted by atomic mass is 32.2. The van der Waals surface area contributed by atoms with Crippen molar-refractivity contribution in [2.24, 2.45) is 11.3 Å². The number of aromatic nitrogens is 2. The minimum atomic E-state index is -3.29. The van der Waals surface area contributed by atoms with E-state index in [2.05, 4.69) is 15.1 Å². The number of H-pyrrole nitrogens is 1. The fraction of sp³-hybridized carbons (Fsp3) is 0.526. The molecule has 0 spiro atoms. The van der Waals surface area contributed by atoms with Gasteiger partial charge in [0.2, 0.25) is 10.0 Å². The lowest BCUT2D eigenvalue weighted by molar-refractivity contribution is 0.0791. The number of nitrogens with zero attached hydrogens (tertiary/aromatic N) is 3. The first kappa shape index (κ1) is 18.6. The van der Waals surface area contributed by atoms with E-state index in [1.807, 2.05) is 36.5 Å². The Hall–Kier alpha value is -1.77. The molecule has 27 heavy (non-hydrogen) atoms. The van der Waals surface area contributed by atoms with Crippen molar-refractivity contribution in [2.45, 2.75) is 13.0 Å². The number of hydrogen-bond donors (Lipinski definition) is 1. The van der Waals surface area contributed by atoms with E-state index in [1.165, 1.54) is 10.6 Å². The Morgan fingerprint density at radius 1 is 1.30 bits per heavy atom. The van der Waals surface area contributed by atoms with E-state index in [4.69, 9.17) is 0 Å². The Bertz CT molecular complexity index is 901. The van der Waals surface area contributed by atoms with Crippen LogP contribution in [0.3, 0.4) is 0 Å². The average Bonchev–Trinajstić information content (AvgIpc) is 3.25. The number of fused-ring (bicyclic) bond motifs is 1. The molecule has 6 nitrogen and oxygen atoms in total. The van der Waals surface area contributed by atoms with Crippen molar-refractivity contribution in [3.05, 3.63) is 42.1 Å². The summed E-state index contributed by atoms with van der Waals surface area (Å²) >= 11 is 0. The maximum Gasteiger partial charge on any atom is 0.211 e. The van der Waals surface area contributed by atoms with Crippen molar-refractivity contribution in [2.75, 3.05) is 39.1 Å². The van der Waals surface area contributed by atoms with Crippen molar-refractivity contribution in [3.63, 3.8) is 0 Å². The molecule has 2 saturated heterocycles. The molecule has 0 bridgehead atoms. The molecule has 8 heteroatoms. The van der Waals surface area contributed by atoms with Crippen molar-refractivity contribution in [1.29, 1.82) is 0 Å². The molecule has 0 aliphatic carbocycles. The molecule has 2 aromatic rings. The first-order chi connectivity index (χ1) is 12.9. The lowest BCUT2D eigenvalue weighted by atomic mass is 9.75. The number of piperidine rings is 1. The number of halogens is 1. The lowest BCUT2D eigenvalue weighted by Gasteiger charge is -2.41. The van der Waals surface area contributed by atoms with Gasteiger partial charge in [-0.15, -0.1) is 0 Å². The van der Waals surface area contributed by atoms with Gasteiger partial charge in [0.15, 0.2) is 0 Å². The van der Waals surface area contributed by atoms with E-state index in [-0.39, 0.29) is 12.5 Å². The number of aromatic amines is 1. The van der Waals surface area contributed by atoms with Gasteiger partial charge in [-0.3, -0.25) is 14.4 Å². The average molecular weight is 393 g/mol. The molecule has 2 fully saturated rings. The van der Waals surface area contributed by atoms with E-state index in [0.717, 1.165) is 23.4 Å². The minimum Gasteiger partial charge on any atom is -0.298 e. The largest absolute Gasteiger partial charge is 0.298 e. The highest BCUT2D eigenvalue weighted by molar-refractivity contribution is 7.88. The van der Waals surface area contributed by atoms with Crippen LogP contribution in [0.4, 0.5) is 4.39 Å². The Labute approximate surface area is 159 Å². The van der Waals surface area contributed by atoms with Gasteiger partial charge in [0.1, 0.15) is 0 Å². The topological polar surface area (TPSA) is 69.3 Å². The number of nitrogens with one attached hydrogen (secondary N) is 1. The van der Waals surface area contributed by atoms with Crippen molar-refractivity contribution in [1.82, 2.24) is 19.4 Å². The normalized spacial score (nSPS) is 27.0.